The van der Waals surface area contributed by atoms with Crippen LogP contribution < -0.4 is 0 Å². The fraction of sp³-hybridized carbons (Fsp3) is 0.182. The largest absolute Gasteiger partial charge is 0.508 e. The second-order valence-electron chi connectivity index (χ2n) is 3.77. The van der Waals surface area contributed by atoms with E-state index in [-0.39, 0.29) is 5.75 Å². The Morgan fingerprint density at radius 2 is 2.28 bits per heavy atom. The number of aliphatic imine (C=N–C) groups is 1. The fourth-order valence-electron chi connectivity index (χ4n) is 1.62. The van der Waals surface area contributed by atoms with Crippen molar-refractivity contribution in [3.63, 3.8) is 0 Å². The zero-order valence-electron chi connectivity index (χ0n) is 9.03. The second kappa shape index (κ2) is 4.25. The Labute approximate surface area is 110 Å². The highest BCUT2D eigenvalue weighted by atomic mass is 32.2. The molecule has 1 aliphatic rings. The quantitative estimate of drug-likeness (QED) is 0.823. The summed E-state index contributed by atoms with van der Waals surface area (Å²) < 4.78 is 0.868. The summed E-state index contributed by atoms with van der Waals surface area (Å²) in [5.74, 6) is -0.260. The van der Waals surface area contributed by atoms with E-state index >= 15 is 0 Å². The van der Waals surface area contributed by atoms with Gasteiger partial charge in [0.15, 0.2) is 6.04 Å². The number of phenolic OH excluding ortho intramolecular Hbond substituents is 1. The summed E-state index contributed by atoms with van der Waals surface area (Å²) >= 11 is 2.81. The number of rotatable bonds is 2. The molecule has 1 aromatic carbocycles. The first-order chi connectivity index (χ1) is 8.63. The van der Waals surface area contributed by atoms with E-state index in [9.17, 15) is 9.90 Å². The van der Waals surface area contributed by atoms with Gasteiger partial charge in [-0.25, -0.2) is 9.78 Å². The number of hydrogen-bond donors (Lipinski definition) is 2. The van der Waals surface area contributed by atoms with Crippen molar-refractivity contribution >= 4 is 44.3 Å². The summed E-state index contributed by atoms with van der Waals surface area (Å²) in [7, 11) is 0. The molecule has 18 heavy (non-hydrogen) atoms. The average molecular weight is 282 g/mol. The zero-order valence-corrected chi connectivity index (χ0v) is 10.7. The summed E-state index contributed by atoms with van der Waals surface area (Å²) in [5, 5.41) is 19.7. The van der Waals surface area contributed by atoms with Gasteiger partial charge in [-0.3, -0.25) is 4.99 Å². The Kier molecular flexibility index (Phi) is 2.71. The van der Waals surface area contributed by atoms with Crippen LogP contribution in [0.15, 0.2) is 23.2 Å². The smallest absolute Gasteiger partial charge is 0.329 e. The molecule has 92 valence electrons. The van der Waals surface area contributed by atoms with Gasteiger partial charge in [0.2, 0.25) is 0 Å². The summed E-state index contributed by atoms with van der Waals surface area (Å²) in [4.78, 5) is 19.4. The summed E-state index contributed by atoms with van der Waals surface area (Å²) in [6.45, 7) is 0. The molecule has 0 radical (unpaired) electrons. The van der Waals surface area contributed by atoms with Gasteiger partial charge < -0.3 is 10.2 Å². The highest BCUT2D eigenvalue weighted by molar-refractivity contribution is 8.15. The number of carboxylic acids is 1. The maximum Gasteiger partial charge on any atom is 0.329 e. The van der Waals surface area contributed by atoms with Gasteiger partial charge in [-0.1, -0.05) is 0 Å². The molecule has 3 rings (SSSR count). The van der Waals surface area contributed by atoms with Crippen LogP contribution in [0, 0.1) is 0 Å². The minimum Gasteiger partial charge on any atom is -0.508 e. The van der Waals surface area contributed by atoms with E-state index in [0.717, 1.165) is 10.2 Å². The molecule has 0 bridgehead atoms. The number of thiazole rings is 1. The standard InChI is InChI=1S/C11H8N2O3S2/c14-5-1-2-6-8(3-5)18-10(12-6)9-13-7(4-17-9)11(15)16/h1-3,7,14H,4H2,(H,15,16)/t7-/m1/s1/i12+1,13+1. The molecule has 2 heterocycles. The molecule has 0 spiro atoms. The number of hydrogen-bond acceptors (Lipinski definition) is 6. The molecule has 0 aliphatic carbocycles. The Hall–Kier alpha value is -1.60. The van der Waals surface area contributed by atoms with Crippen LogP contribution in [0.5, 0.6) is 5.75 Å². The molecule has 0 saturated carbocycles. The minimum atomic E-state index is -0.906. The number of fused-ring (bicyclic) bond motifs is 1. The number of thioether (sulfide) groups is 1. The maximum absolute atomic E-state index is 10.8. The van der Waals surface area contributed by atoms with Crippen molar-refractivity contribution in [3.05, 3.63) is 23.2 Å². The number of phenols is 1. The number of aliphatic carboxylic acids is 1. The van der Waals surface area contributed by atoms with Crippen molar-refractivity contribution in [3.8, 4) is 5.75 Å². The van der Waals surface area contributed by atoms with Crippen LogP contribution in [0.2, 0.25) is 0 Å². The third kappa shape index (κ3) is 1.95. The Morgan fingerprint density at radius 1 is 1.44 bits per heavy atom. The van der Waals surface area contributed by atoms with E-state index in [1.807, 2.05) is 0 Å². The molecular formula is C11H8N2O3S2. The van der Waals surface area contributed by atoms with Crippen LogP contribution in [0.4, 0.5) is 0 Å². The van der Waals surface area contributed by atoms with Gasteiger partial charge >= 0.3 is 5.97 Å². The molecule has 0 unspecified atom stereocenters. The van der Waals surface area contributed by atoms with Crippen molar-refractivity contribution in [2.75, 3.05) is 5.75 Å². The van der Waals surface area contributed by atoms with Gasteiger partial charge in [0.25, 0.3) is 0 Å². The van der Waals surface area contributed by atoms with Gasteiger partial charge in [-0.05, 0) is 18.2 Å². The molecule has 1 aliphatic heterocycles. The van der Waals surface area contributed by atoms with Gasteiger partial charge in [0, 0.05) is 5.75 Å². The molecule has 1 atom stereocenters. The number of carbonyl (C=O) groups is 1. The zero-order chi connectivity index (χ0) is 12.7. The minimum absolute atomic E-state index is 0.196. The number of aromatic hydroxyl groups is 1. The number of carboxylic acid groups (broad SMARTS) is 1. The molecule has 2 aromatic rings. The van der Waals surface area contributed by atoms with Gasteiger partial charge in [0.05, 0.1) is 10.2 Å². The van der Waals surface area contributed by atoms with Crippen molar-refractivity contribution in [1.29, 1.82) is 0 Å². The normalized spacial score (nSPS) is 19.1. The highest BCUT2D eigenvalue weighted by Gasteiger charge is 2.26. The van der Waals surface area contributed by atoms with Crippen LogP contribution in [-0.2, 0) is 4.79 Å². The lowest BCUT2D eigenvalue weighted by atomic mass is 10.3. The molecule has 7 heteroatoms. The van der Waals surface area contributed by atoms with Crippen LogP contribution >= 0.6 is 23.1 Å². The molecule has 1 aromatic heterocycles. The molecular weight excluding hydrogens is 274 g/mol. The molecule has 2 N–H and O–H groups in total. The molecule has 0 fully saturated rings. The third-order valence-corrected chi connectivity index (χ3v) is 4.70. The Morgan fingerprint density at radius 3 is 3.00 bits per heavy atom. The van der Waals surface area contributed by atoms with Crippen molar-refractivity contribution in [1.82, 2.24) is 4.98 Å². The van der Waals surface area contributed by atoms with Gasteiger partial charge in [0.1, 0.15) is 15.8 Å². The van der Waals surface area contributed by atoms with Crippen LogP contribution in [0.25, 0.3) is 10.2 Å². The number of benzene rings is 1. The molecule has 0 saturated heterocycles. The van der Waals surface area contributed by atoms with E-state index < -0.39 is 12.0 Å². The van der Waals surface area contributed by atoms with Crippen LogP contribution in [0.3, 0.4) is 0 Å². The first-order valence-corrected chi connectivity index (χ1v) is 6.97. The number of aromatic nitrogens is 1. The van der Waals surface area contributed by atoms with Crippen LogP contribution in [0.1, 0.15) is 5.01 Å². The Bertz CT molecular complexity index is 665. The van der Waals surface area contributed by atoms with Gasteiger partial charge in [-0.15, -0.1) is 23.1 Å². The fourth-order valence-corrected chi connectivity index (χ4v) is 3.72. The lowest BCUT2D eigenvalue weighted by Crippen LogP contribution is -2.17. The molecule has 0 amide bonds. The van der Waals surface area contributed by atoms with Crippen molar-refractivity contribution in [2.24, 2.45) is 4.99 Å². The predicted octanol–water partition coefficient (Wildman–Crippen LogP) is 1.95. The lowest BCUT2D eigenvalue weighted by Gasteiger charge is -1.93. The van der Waals surface area contributed by atoms with E-state index in [2.05, 4.69) is 9.98 Å². The Balaban J connectivity index is 2.00. The maximum atomic E-state index is 10.8. The third-order valence-electron chi connectivity index (χ3n) is 2.49. The monoisotopic (exact) mass is 282 g/mol. The predicted molar refractivity (Wildman–Crippen MR) is 71.7 cm³/mol. The lowest BCUT2D eigenvalue weighted by molar-refractivity contribution is -0.137. The average Bonchev–Trinajstić information content (AvgIpc) is 2.93. The summed E-state index contributed by atoms with van der Waals surface area (Å²) in [6.07, 6.45) is 0. The van der Waals surface area contributed by atoms with E-state index in [1.54, 1.807) is 18.2 Å². The first-order valence-electron chi connectivity index (χ1n) is 5.17. The van der Waals surface area contributed by atoms with E-state index in [4.69, 9.17) is 5.11 Å². The van der Waals surface area contributed by atoms with Crippen molar-refractivity contribution < 1.29 is 15.0 Å². The van der Waals surface area contributed by atoms with Crippen LogP contribution in [-0.4, -0.2) is 38.0 Å². The molecule has 5 nitrogen and oxygen atoms in total. The van der Waals surface area contributed by atoms with Gasteiger partial charge in [-0.2, -0.15) is 0 Å². The second-order valence-corrected chi connectivity index (χ2v) is 5.81. The number of nitrogens with zero attached hydrogens (tertiary/aromatic N) is 2. The van der Waals surface area contributed by atoms with Crippen molar-refractivity contribution in [2.45, 2.75) is 6.04 Å². The SMILES string of the molecule is O=C(O)[C@H]1CSC(c2[15n]c3ccc(O)cc3s2)=[15N]1. The summed E-state index contributed by atoms with van der Waals surface area (Å²) in [5.41, 5.74) is 0.787. The van der Waals surface area contributed by atoms with E-state index in [1.165, 1.54) is 23.1 Å². The topological polar surface area (TPSA) is 82.8 Å². The van der Waals surface area contributed by atoms with E-state index in [0.29, 0.717) is 15.8 Å². The highest BCUT2D eigenvalue weighted by Crippen LogP contribution is 2.31. The first kappa shape index (κ1) is 11.5. The summed E-state index contributed by atoms with van der Waals surface area (Å²) in [6, 6.07) is 4.28.